The molecule has 0 radical (unpaired) electrons. The molecule has 12 heteroatoms. The fourth-order valence-electron chi connectivity index (χ4n) is 5.76. The topological polar surface area (TPSA) is 149 Å². The van der Waals surface area contributed by atoms with Crippen LogP contribution in [0.3, 0.4) is 0 Å². The van der Waals surface area contributed by atoms with Gasteiger partial charge in [-0.2, -0.15) is 5.26 Å². The molecule has 0 saturated heterocycles. The molecule has 50 heavy (non-hydrogen) atoms. The molecule has 264 valence electrons. The summed E-state index contributed by atoms with van der Waals surface area (Å²) >= 11 is 13.7. The maximum atomic E-state index is 9.52. The monoisotopic (exact) mass is 720 g/mol. The van der Waals surface area contributed by atoms with Crippen LogP contribution in [0.5, 0.6) is 17.2 Å². The van der Waals surface area contributed by atoms with Gasteiger partial charge in [0.25, 0.3) is 0 Å². The normalized spacial score (nSPS) is 14.9. The number of aliphatic hydroxyl groups excluding tert-OH is 3. The maximum Gasteiger partial charge on any atom is 0.142 e. The molecule has 0 spiro atoms. The summed E-state index contributed by atoms with van der Waals surface area (Å²) in [4.78, 5) is 4.13. The van der Waals surface area contributed by atoms with Gasteiger partial charge in [-0.15, -0.1) is 0 Å². The lowest BCUT2D eigenvalue weighted by Gasteiger charge is -2.20. The first-order valence-electron chi connectivity index (χ1n) is 16.6. The number of nitrogens with one attached hydrogen (secondary N) is 2. The summed E-state index contributed by atoms with van der Waals surface area (Å²) in [5.41, 5.74) is 6.11. The van der Waals surface area contributed by atoms with Crippen molar-refractivity contribution in [1.82, 2.24) is 15.6 Å². The van der Waals surface area contributed by atoms with Crippen LogP contribution in [0.15, 0.2) is 67.0 Å². The predicted molar refractivity (Wildman–Crippen MR) is 193 cm³/mol. The van der Waals surface area contributed by atoms with Crippen LogP contribution in [0.4, 0.5) is 0 Å². The summed E-state index contributed by atoms with van der Waals surface area (Å²) in [6, 6.07) is 19.2. The molecule has 0 fully saturated rings. The van der Waals surface area contributed by atoms with Crippen LogP contribution >= 0.6 is 23.2 Å². The number of benzene rings is 3. The van der Waals surface area contributed by atoms with E-state index in [9.17, 15) is 15.5 Å². The van der Waals surface area contributed by atoms with Crippen molar-refractivity contribution in [1.29, 1.82) is 5.26 Å². The van der Waals surface area contributed by atoms with Crippen molar-refractivity contribution in [2.75, 3.05) is 32.9 Å². The number of aliphatic hydroxyl groups is 3. The number of nitriles is 1. The van der Waals surface area contributed by atoms with Gasteiger partial charge in [-0.05, 0) is 67.6 Å². The minimum Gasteiger partial charge on any atom is -0.492 e. The second-order valence-corrected chi connectivity index (χ2v) is 13.0. The van der Waals surface area contributed by atoms with Crippen LogP contribution in [-0.2, 0) is 19.6 Å². The number of rotatable bonds is 18. The van der Waals surface area contributed by atoms with Gasteiger partial charge >= 0.3 is 0 Å². The van der Waals surface area contributed by atoms with E-state index in [2.05, 4.69) is 33.8 Å². The van der Waals surface area contributed by atoms with E-state index in [1.165, 1.54) is 6.20 Å². The van der Waals surface area contributed by atoms with Gasteiger partial charge in [-0.25, -0.2) is 0 Å². The molecule has 3 aromatic carbocycles. The molecule has 1 unspecified atom stereocenters. The number of aromatic nitrogens is 1. The van der Waals surface area contributed by atoms with Gasteiger partial charge in [-0.1, -0.05) is 53.5 Å². The van der Waals surface area contributed by atoms with Gasteiger partial charge in [-0.3, -0.25) is 4.98 Å². The highest BCUT2D eigenvalue weighted by Crippen LogP contribution is 2.45. The maximum absolute atomic E-state index is 9.52. The molecule has 0 aliphatic heterocycles. The first kappa shape index (κ1) is 37.3. The first-order chi connectivity index (χ1) is 24.3. The van der Waals surface area contributed by atoms with Crippen molar-refractivity contribution < 1.29 is 29.5 Å². The Morgan fingerprint density at radius 3 is 2.62 bits per heavy atom. The fraction of sp³-hybridized carbons (Fsp3) is 0.368. The molecule has 1 heterocycles. The van der Waals surface area contributed by atoms with Gasteiger partial charge in [0.2, 0.25) is 0 Å². The zero-order chi connectivity index (χ0) is 35.5. The van der Waals surface area contributed by atoms with Gasteiger partial charge in [0.15, 0.2) is 0 Å². The summed E-state index contributed by atoms with van der Waals surface area (Å²) in [5, 5.41) is 44.5. The third kappa shape index (κ3) is 9.65. The van der Waals surface area contributed by atoms with Crippen molar-refractivity contribution in [2.24, 2.45) is 0 Å². The molecule has 0 saturated carbocycles. The number of nitrogens with zero attached hydrogens (tertiary/aromatic N) is 2. The average molecular weight is 722 g/mol. The number of pyridine rings is 1. The van der Waals surface area contributed by atoms with E-state index in [0.29, 0.717) is 65.5 Å². The van der Waals surface area contributed by atoms with Gasteiger partial charge in [0.05, 0.1) is 41.5 Å². The molecule has 5 N–H and O–H groups in total. The molecular formula is C38H42Cl2N4O6. The first-order valence-corrected chi connectivity index (χ1v) is 17.4. The molecule has 10 nitrogen and oxygen atoms in total. The largest absolute Gasteiger partial charge is 0.492 e. The molecule has 3 atom stereocenters. The van der Waals surface area contributed by atoms with E-state index in [4.69, 9.17) is 42.5 Å². The zero-order valence-electron chi connectivity index (χ0n) is 27.9. The zero-order valence-corrected chi connectivity index (χ0v) is 29.4. The number of ether oxygens (including phenoxy) is 3. The van der Waals surface area contributed by atoms with E-state index in [0.717, 1.165) is 46.2 Å². The quantitative estimate of drug-likeness (QED) is 0.0804. The molecule has 1 aromatic heterocycles. The summed E-state index contributed by atoms with van der Waals surface area (Å²) in [7, 11) is 0. The summed E-state index contributed by atoms with van der Waals surface area (Å²) in [5.74, 6) is 1.65. The van der Waals surface area contributed by atoms with E-state index in [1.54, 1.807) is 18.3 Å². The molecule has 1 aliphatic rings. The van der Waals surface area contributed by atoms with E-state index in [1.807, 2.05) is 37.3 Å². The lowest BCUT2D eigenvalue weighted by atomic mass is 9.96. The van der Waals surface area contributed by atoms with Crippen molar-refractivity contribution in [3.8, 4) is 34.4 Å². The number of hydrogen-bond acceptors (Lipinski definition) is 10. The van der Waals surface area contributed by atoms with Crippen LogP contribution in [-0.4, -0.2) is 65.4 Å². The second kappa shape index (κ2) is 18.4. The fourth-order valence-corrected chi connectivity index (χ4v) is 6.28. The average Bonchev–Trinajstić information content (AvgIpc) is 3.55. The number of fused-ring (bicyclic) bond motifs is 1. The van der Waals surface area contributed by atoms with Crippen molar-refractivity contribution in [2.45, 2.75) is 57.6 Å². The molecule has 1 aliphatic carbocycles. The second-order valence-electron chi connectivity index (χ2n) is 12.2. The van der Waals surface area contributed by atoms with Crippen molar-refractivity contribution in [3.63, 3.8) is 0 Å². The Balaban J connectivity index is 1.32. The lowest BCUT2D eigenvalue weighted by molar-refractivity contribution is 0.0942. The van der Waals surface area contributed by atoms with Gasteiger partial charge < -0.3 is 40.2 Å². The SMILES string of the molecule is C[C@H](CO)NCc1cc(Cl)c(OC2CCc3c(-c4cccc(OCCCNC[C@H](O)CO)c4Cl)cccc32)cc1OCc1cncc(C#N)c1. The Kier molecular flexibility index (Phi) is 13.7. The van der Waals surface area contributed by atoms with Crippen LogP contribution in [0.1, 0.15) is 53.7 Å². The highest BCUT2D eigenvalue weighted by atomic mass is 35.5. The molecule has 0 bridgehead atoms. The molecule has 4 aromatic rings. The Morgan fingerprint density at radius 2 is 1.82 bits per heavy atom. The lowest BCUT2D eigenvalue weighted by Crippen LogP contribution is -2.30. The highest BCUT2D eigenvalue weighted by molar-refractivity contribution is 6.35. The molecular weight excluding hydrogens is 679 g/mol. The van der Waals surface area contributed by atoms with Gasteiger partial charge in [0.1, 0.15) is 36.0 Å². The van der Waals surface area contributed by atoms with Gasteiger partial charge in [0, 0.05) is 54.3 Å². The Labute approximate surface area is 302 Å². The predicted octanol–water partition coefficient (Wildman–Crippen LogP) is 5.75. The smallest absolute Gasteiger partial charge is 0.142 e. The summed E-state index contributed by atoms with van der Waals surface area (Å²) in [6.45, 7) is 3.60. The minimum absolute atomic E-state index is 0.0136. The van der Waals surface area contributed by atoms with Crippen LogP contribution in [0.2, 0.25) is 10.0 Å². The third-order valence-electron chi connectivity index (χ3n) is 8.43. The Hall–Kier alpha value is -3.92. The molecule has 0 amide bonds. The summed E-state index contributed by atoms with van der Waals surface area (Å²) < 4.78 is 18.8. The molecule has 5 rings (SSSR count). The minimum atomic E-state index is -0.777. The van der Waals surface area contributed by atoms with Crippen LogP contribution in [0.25, 0.3) is 11.1 Å². The van der Waals surface area contributed by atoms with E-state index >= 15 is 0 Å². The van der Waals surface area contributed by atoms with E-state index < -0.39 is 6.10 Å². The Bertz CT molecular complexity index is 1790. The number of hydrogen-bond donors (Lipinski definition) is 5. The van der Waals surface area contributed by atoms with Crippen molar-refractivity contribution >= 4 is 23.2 Å². The highest BCUT2D eigenvalue weighted by Gasteiger charge is 2.28. The number of halogens is 2. The summed E-state index contributed by atoms with van der Waals surface area (Å²) in [6.07, 6.45) is 4.37. The van der Waals surface area contributed by atoms with Crippen LogP contribution in [0, 0.1) is 11.3 Å². The van der Waals surface area contributed by atoms with Crippen LogP contribution < -0.4 is 24.8 Å². The third-order valence-corrected chi connectivity index (χ3v) is 9.12. The van der Waals surface area contributed by atoms with E-state index in [-0.39, 0.29) is 32.0 Å². The van der Waals surface area contributed by atoms with Crippen molar-refractivity contribution in [3.05, 3.63) is 105 Å². The Morgan fingerprint density at radius 1 is 1.00 bits per heavy atom. The standard InChI is InChI=1S/C38H42Cl2N4O6/c1-24(21-45)44-19-27-14-33(39)37(15-36(27)49-23-26-13-25(16-41)17-43-18-26)50-34-10-9-30-29(5-2-6-31(30)34)32-7-3-8-35(38(32)40)48-12-4-11-42-20-28(47)22-46/h2-3,5-8,13-15,17-18,24,28,34,42,44-47H,4,9-12,19-23H2,1H3/t24-,28+,34?/m1/s1.